The maximum Gasteiger partial charge on any atom is 0.407 e. The third-order valence-corrected chi connectivity index (χ3v) is 2.34. The molecule has 0 radical (unpaired) electrons. The first kappa shape index (κ1) is 12.4. The van der Waals surface area contributed by atoms with E-state index in [1.807, 2.05) is 0 Å². The summed E-state index contributed by atoms with van der Waals surface area (Å²) in [7, 11) is 1.33. The van der Waals surface area contributed by atoms with E-state index in [1.54, 1.807) is 19.1 Å². The van der Waals surface area contributed by atoms with Gasteiger partial charge < -0.3 is 15.2 Å². The van der Waals surface area contributed by atoms with Gasteiger partial charge in [0.25, 0.3) is 0 Å². The maximum atomic E-state index is 13.6. The van der Waals surface area contributed by atoms with E-state index < -0.39 is 17.7 Å². The molecule has 0 bridgehead atoms. The molecule has 4 nitrogen and oxygen atoms in total. The number of primary amides is 1. The number of nitrogens with two attached hydrogens (primary N) is 1. The summed E-state index contributed by atoms with van der Waals surface area (Å²) in [6.45, 7) is 1.71. The predicted molar refractivity (Wildman–Crippen MR) is 56.0 cm³/mol. The zero-order valence-corrected chi connectivity index (χ0v) is 9.20. The van der Waals surface area contributed by atoms with Crippen LogP contribution in [0.1, 0.15) is 18.9 Å². The minimum atomic E-state index is -1.46. The molecule has 1 rings (SSSR count). The second-order valence-corrected chi connectivity index (χ2v) is 3.21. The van der Waals surface area contributed by atoms with Gasteiger partial charge in [-0.3, -0.25) is 0 Å². The molecular formula is C11H14FNO3. The van der Waals surface area contributed by atoms with Crippen molar-refractivity contribution in [2.45, 2.75) is 19.1 Å². The van der Waals surface area contributed by atoms with Crippen LogP contribution in [0.2, 0.25) is 0 Å². The summed E-state index contributed by atoms with van der Waals surface area (Å²) in [5.41, 5.74) is 5.11. The third kappa shape index (κ3) is 2.30. The maximum absolute atomic E-state index is 13.6. The predicted octanol–water partition coefficient (Wildman–Crippen LogP) is 2.13. The van der Waals surface area contributed by atoms with Crippen LogP contribution in [-0.4, -0.2) is 13.2 Å². The molecule has 88 valence electrons. The Bertz CT molecular complexity index is 377. The highest BCUT2D eigenvalue weighted by atomic mass is 19.1. The molecule has 2 N–H and O–H groups in total. The number of ether oxygens (including phenoxy) is 2. The highest BCUT2D eigenvalue weighted by molar-refractivity contribution is 5.65. The van der Waals surface area contributed by atoms with Gasteiger partial charge in [-0.15, -0.1) is 0 Å². The molecule has 0 aromatic heterocycles. The standard InChI is InChI=1S/C11H14FNO3/c1-3-11(15-2,16-10(13)14)8-6-4-5-7-9(8)12/h4-7H,3H2,1-2H3,(H2,13,14)/t11-/m1/s1. The van der Waals surface area contributed by atoms with E-state index in [2.05, 4.69) is 0 Å². The molecular weight excluding hydrogens is 213 g/mol. The van der Waals surface area contributed by atoms with Gasteiger partial charge in [0.1, 0.15) is 5.82 Å². The molecule has 5 heteroatoms. The lowest BCUT2D eigenvalue weighted by Crippen LogP contribution is -2.36. The molecule has 0 aliphatic rings. The summed E-state index contributed by atoms with van der Waals surface area (Å²) in [6, 6.07) is 5.93. The molecule has 0 fully saturated rings. The number of halogens is 1. The Morgan fingerprint density at radius 3 is 2.56 bits per heavy atom. The lowest BCUT2D eigenvalue weighted by molar-refractivity contribution is -0.195. The van der Waals surface area contributed by atoms with Crippen molar-refractivity contribution < 1.29 is 18.7 Å². The highest BCUT2D eigenvalue weighted by Gasteiger charge is 2.36. The SMILES string of the molecule is CC[C@@](OC)(OC(N)=O)c1ccccc1F. The van der Waals surface area contributed by atoms with Crippen molar-refractivity contribution in [1.82, 2.24) is 0 Å². The normalized spacial score (nSPS) is 14.2. The third-order valence-electron chi connectivity index (χ3n) is 2.34. The second-order valence-electron chi connectivity index (χ2n) is 3.21. The molecule has 0 aliphatic carbocycles. The van der Waals surface area contributed by atoms with E-state index in [0.717, 1.165) is 0 Å². The summed E-state index contributed by atoms with van der Waals surface area (Å²) in [5.74, 6) is -1.97. The van der Waals surface area contributed by atoms with Crippen LogP contribution in [0.3, 0.4) is 0 Å². The molecule has 1 atom stereocenters. The van der Waals surface area contributed by atoms with Crippen LogP contribution in [0, 0.1) is 5.82 Å². The van der Waals surface area contributed by atoms with Gasteiger partial charge in [0, 0.05) is 13.5 Å². The van der Waals surface area contributed by atoms with E-state index in [1.165, 1.54) is 19.2 Å². The van der Waals surface area contributed by atoms with Crippen molar-refractivity contribution in [2.24, 2.45) is 5.73 Å². The molecule has 1 aromatic carbocycles. The summed E-state index contributed by atoms with van der Waals surface area (Å²) >= 11 is 0. The molecule has 0 unspecified atom stereocenters. The molecule has 0 heterocycles. The number of benzene rings is 1. The number of amides is 1. The van der Waals surface area contributed by atoms with Crippen molar-refractivity contribution >= 4 is 6.09 Å². The minimum Gasteiger partial charge on any atom is -0.412 e. The molecule has 0 saturated carbocycles. The van der Waals surface area contributed by atoms with Crippen LogP contribution in [0.25, 0.3) is 0 Å². The highest BCUT2D eigenvalue weighted by Crippen LogP contribution is 2.32. The van der Waals surface area contributed by atoms with Crippen LogP contribution >= 0.6 is 0 Å². The van der Waals surface area contributed by atoms with Crippen LogP contribution in [0.5, 0.6) is 0 Å². The van der Waals surface area contributed by atoms with Crippen molar-refractivity contribution in [1.29, 1.82) is 0 Å². The number of carbonyl (C=O) groups is 1. The smallest absolute Gasteiger partial charge is 0.407 e. The van der Waals surface area contributed by atoms with Crippen molar-refractivity contribution in [3.05, 3.63) is 35.6 Å². The molecule has 16 heavy (non-hydrogen) atoms. The van der Waals surface area contributed by atoms with Gasteiger partial charge in [-0.25, -0.2) is 9.18 Å². The van der Waals surface area contributed by atoms with Crippen LogP contribution in [-0.2, 0) is 15.3 Å². The van der Waals surface area contributed by atoms with Crippen LogP contribution < -0.4 is 5.73 Å². The number of rotatable bonds is 4. The lowest BCUT2D eigenvalue weighted by atomic mass is 10.0. The van der Waals surface area contributed by atoms with E-state index in [0.29, 0.717) is 0 Å². The molecule has 0 aliphatic heterocycles. The van der Waals surface area contributed by atoms with E-state index >= 15 is 0 Å². The Balaban J connectivity index is 3.20. The van der Waals surface area contributed by atoms with Crippen LogP contribution in [0.4, 0.5) is 9.18 Å². The number of methoxy groups -OCH3 is 1. The van der Waals surface area contributed by atoms with Crippen LogP contribution in [0.15, 0.2) is 24.3 Å². The number of hydrogen-bond donors (Lipinski definition) is 1. The van der Waals surface area contributed by atoms with Gasteiger partial charge in [-0.2, -0.15) is 0 Å². The van der Waals surface area contributed by atoms with Gasteiger partial charge in [0.2, 0.25) is 5.79 Å². The lowest BCUT2D eigenvalue weighted by Gasteiger charge is -2.30. The summed E-state index contributed by atoms with van der Waals surface area (Å²) in [5, 5.41) is 0. The van der Waals surface area contributed by atoms with Gasteiger partial charge >= 0.3 is 6.09 Å². The quantitative estimate of drug-likeness (QED) is 0.801. The number of hydrogen-bond acceptors (Lipinski definition) is 3. The van der Waals surface area contributed by atoms with Gasteiger partial charge in [-0.05, 0) is 12.1 Å². The molecule has 0 spiro atoms. The fraction of sp³-hybridized carbons (Fsp3) is 0.364. The fourth-order valence-corrected chi connectivity index (χ4v) is 1.55. The van der Waals surface area contributed by atoms with E-state index in [9.17, 15) is 9.18 Å². The van der Waals surface area contributed by atoms with Crippen molar-refractivity contribution in [3.8, 4) is 0 Å². The molecule has 1 amide bonds. The van der Waals surface area contributed by atoms with E-state index in [-0.39, 0.29) is 12.0 Å². The zero-order chi connectivity index (χ0) is 12.2. The Hall–Kier alpha value is -1.62. The minimum absolute atomic E-state index is 0.152. The number of carbonyl (C=O) groups excluding carboxylic acids is 1. The molecule has 1 aromatic rings. The fourth-order valence-electron chi connectivity index (χ4n) is 1.55. The monoisotopic (exact) mass is 227 g/mol. The van der Waals surface area contributed by atoms with Gasteiger partial charge in [-0.1, -0.05) is 19.1 Å². The Labute approximate surface area is 93.2 Å². The van der Waals surface area contributed by atoms with Gasteiger partial charge in [0.05, 0.1) is 5.56 Å². The summed E-state index contributed by atoms with van der Waals surface area (Å²) < 4.78 is 23.6. The largest absolute Gasteiger partial charge is 0.412 e. The summed E-state index contributed by atoms with van der Waals surface area (Å²) in [4.78, 5) is 10.8. The first-order chi connectivity index (χ1) is 7.55. The Kier molecular flexibility index (Phi) is 3.84. The molecule has 0 saturated heterocycles. The van der Waals surface area contributed by atoms with E-state index in [4.69, 9.17) is 15.2 Å². The average Bonchev–Trinajstić information content (AvgIpc) is 2.26. The second kappa shape index (κ2) is 4.94. The Morgan fingerprint density at radius 1 is 1.50 bits per heavy atom. The average molecular weight is 227 g/mol. The first-order valence-electron chi connectivity index (χ1n) is 4.84. The first-order valence-corrected chi connectivity index (χ1v) is 4.84. The zero-order valence-electron chi connectivity index (χ0n) is 9.20. The van der Waals surface area contributed by atoms with Crippen molar-refractivity contribution in [3.63, 3.8) is 0 Å². The Morgan fingerprint density at radius 2 is 2.12 bits per heavy atom. The van der Waals surface area contributed by atoms with Crippen molar-refractivity contribution in [2.75, 3.05) is 7.11 Å². The van der Waals surface area contributed by atoms with Gasteiger partial charge in [0.15, 0.2) is 0 Å². The topological polar surface area (TPSA) is 61.6 Å². The summed E-state index contributed by atoms with van der Waals surface area (Å²) in [6.07, 6.45) is -0.750.